The SMILES string of the molecule is CCCCCOC(=O)c1ccc(Nc2ncnc(N)n2)cc1. The van der Waals surface area contributed by atoms with Crippen molar-refractivity contribution in [3.8, 4) is 0 Å². The molecule has 116 valence electrons. The Labute approximate surface area is 129 Å². The van der Waals surface area contributed by atoms with Crippen molar-refractivity contribution >= 4 is 23.6 Å². The molecule has 7 nitrogen and oxygen atoms in total. The van der Waals surface area contributed by atoms with E-state index in [2.05, 4.69) is 27.2 Å². The predicted molar refractivity (Wildman–Crippen MR) is 83.8 cm³/mol. The van der Waals surface area contributed by atoms with Crippen LogP contribution in [0.3, 0.4) is 0 Å². The quantitative estimate of drug-likeness (QED) is 0.598. The monoisotopic (exact) mass is 301 g/mol. The highest BCUT2D eigenvalue weighted by Gasteiger charge is 2.07. The Morgan fingerprint density at radius 3 is 2.68 bits per heavy atom. The lowest BCUT2D eigenvalue weighted by Crippen LogP contribution is -2.06. The highest BCUT2D eigenvalue weighted by atomic mass is 16.5. The van der Waals surface area contributed by atoms with Crippen LogP contribution < -0.4 is 11.1 Å². The molecule has 1 aromatic heterocycles. The topological polar surface area (TPSA) is 103 Å². The predicted octanol–water partition coefficient (Wildman–Crippen LogP) is 2.54. The van der Waals surface area contributed by atoms with Crippen molar-refractivity contribution in [2.24, 2.45) is 0 Å². The molecule has 1 aromatic carbocycles. The Morgan fingerprint density at radius 1 is 1.23 bits per heavy atom. The zero-order chi connectivity index (χ0) is 15.8. The summed E-state index contributed by atoms with van der Waals surface area (Å²) in [6.07, 6.45) is 4.38. The second kappa shape index (κ2) is 7.92. The number of nitrogen functional groups attached to an aromatic ring is 1. The number of nitrogens with zero attached hydrogens (tertiary/aromatic N) is 3. The number of carbonyl (C=O) groups excluding carboxylic acids is 1. The lowest BCUT2D eigenvalue weighted by molar-refractivity contribution is 0.0498. The van der Waals surface area contributed by atoms with Crippen LogP contribution in [0.25, 0.3) is 0 Å². The van der Waals surface area contributed by atoms with Gasteiger partial charge in [0.1, 0.15) is 6.33 Å². The molecule has 3 N–H and O–H groups in total. The van der Waals surface area contributed by atoms with Crippen LogP contribution in [0.15, 0.2) is 30.6 Å². The smallest absolute Gasteiger partial charge is 0.338 e. The zero-order valence-corrected chi connectivity index (χ0v) is 12.5. The van der Waals surface area contributed by atoms with Gasteiger partial charge in [-0.15, -0.1) is 0 Å². The van der Waals surface area contributed by atoms with Crippen molar-refractivity contribution in [1.29, 1.82) is 0 Å². The third kappa shape index (κ3) is 4.69. The van der Waals surface area contributed by atoms with E-state index in [9.17, 15) is 4.79 Å². The number of nitrogens with two attached hydrogens (primary N) is 1. The van der Waals surface area contributed by atoms with Crippen LogP contribution in [-0.2, 0) is 4.74 Å². The minimum Gasteiger partial charge on any atom is -0.462 e. The van der Waals surface area contributed by atoms with Crippen LogP contribution >= 0.6 is 0 Å². The van der Waals surface area contributed by atoms with E-state index in [4.69, 9.17) is 10.5 Å². The van der Waals surface area contributed by atoms with Crippen LogP contribution in [0.1, 0.15) is 36.5 Å². The maximum absolute atomic E-state index is 11.8. The first kappa shape index (κ1) is 15.7. The van der Waals surface area contributed by atoms with E-state index in [0.717, 1.165) is 24.9 Å². The maximum atomic E-state index is 11.8. The van der Waals surface area contributed by atoms with Crippen molar-refractivity contribution < 1.29 is 9.53 Å². The van der Waals surface area contributed by atoms with Crippen LogP contribution in [0.4, 0.5) is 17.6 Å². The standard InChI is InChI=1S/C15H19N5O2/c1-2-3-4-9-22-13(21)11-5-7-12(8-6-11)19-15-18-10-17-14(16)20-15/h5-8,10H,2-4,9H2,1H3,(H3,16,17,18,19,20). The van der Waals surface area contributed by atoms with Gasteiger partial charge in [0.2, 0.25) is 11.9 Å². The van der Waals surface area contributed by atoms with E-state index < -0.39 is 0 Å². The van der Waals surface area contributed by atoms with Gasteiger partial charge in [0, 0.05) is 5.69 Å². The Hall–Kier alpha value is -2.70. The summed E-state index contributed by atoms with van der Waals surface area (Å²) in [5.41, 5.74) is 6.74. The molecule has 0 saturated carbocycles. The van der Waals surface area contributed by atoms with Gasteiger partial charge in [0.05, 0.1) is 12.2 Å². The minimum absolute atomic E-state index is 0.143. The Balaban J connectivity index is 1.91. The first-order chi connectivity index (χ1) is 10.7. The highest BCUT2D eigenvalue weighted by Crippen LogP contribution is 2.14. The number of benzene rings is 1. The van der Waals surface area contributed by atoms with Crippen molar-refractivity contribution in [2.75, 3.05) is 17.7 Å². The molecule has 0 fully saturated rings. The summed E-state index contributed by atoms with van der Waals surface area (Å²) in [7, 11) is 0. The fraction of sp³-hybridized carbons (Fsp3) is 0.333. The second-order valence-electron chi connectivity index (χ2n) is 4.71. The first-order valence-corrected chi connectivity index (χ1v) is 7.17. The summed E-state index contributed by atoms with van der Waals surface area (Å²) in [5.74, 6) is 0.180. The number of esters is 1. The summed E-state index contributed by atoms with van der Waals surface area (Å²) < 4.78 is 5.20. The van der Waals surface area contributed by atoms with Gasteiger partial charge in [-0.2, -0.15) is 4.98 Å². The van der Waals surface area contributed by atoms with Gasteiger partial charge in [-0.1, -0.05) is 19.8 Å². The van der Waals surface area contributed by atoms with E-state index in [1.165, 1.54) is 6.33 Å². The van der Waals surface area contributed by atoms with Gasteiger partial charge in [0.25, 0.3) is 0 Å². The fourth-order valence-corrected chi connectivity index (χ4v) is 1.79. The van der Waals surface area contributed by atoms with E-state index in [0.29, 0.717) is 18.1 Å². The first-order valence-electron chi connectivity index (χ1n) is 7.17. The molecule has 7 heteroatoms. The molecule has 0 radical (unpaired) electrons. The van der Waals surface area contributed by atoms with E-state index in [1.54, 1.807) is 24.3 Å². The fourth-order valence-electron chi connectivity index (χ4n) is 1.79. The highest BCUT2D eigenvalue weighted by molar-refractivity contribution is 5.89. The summed E-state index contributed by atoms with van der Waals surface area (Å²) in [6, 6.07) is 6.88. The molecule has 0 atom stereocenters. The molecule has 0 aliphatic carbocycles. The number of rotatable bonds is 7. The number of aromatic nitrogens is 3. The van der Waals surface area contributed by atoms with Gasteiger partial charge in [-0.05, 0) is 30.7 Å². The molecular weight excluding hydrogens is 282 g/mol. The van der Waals surface area contributed by atoms with E-state index in [-0.39, 0.29) is 11.9 Å². The third-order valence-electron chi connectivity index (χ3n) is 2.95. The third-order valence-corrected chi connectivity index (χ3v) is 2.95. The molecule has 0 spiro atoms. The summed E-state index contributed by atoms with van der Waals surface area (Å²) in [4.78, 5) is 23.4. The molecule has 0 bridgehead atoms. The molecule has 0 aliphatic heterocycles. The molecule has 0 amide bonds. The van der Waals surface area contributed by atoms with Crippen molar-refractivity contribution in [2.45, 2.75) is 26.2 Å². The summed E-state index contributed by atoms with van der Waals surface area (Å²) >= 11 is 0. The largest absolute Gasteiger partial charge is 0.462 e. The summed E-state index contributed by atoms with van der Waals surface area (Å²) in [6.45, 7) is 2.56. The van der Waals surface area contributed by atoms with Crippen LogP contribution in [0, 0.1) is 0 Å². The normalized spacial score (nSPS) is 10.2. The number of nitrogens with one attached hydrogen (secondary N) is 1. The summed E-state index contributed by atoms with van der Waals surface area (Å²) in [5, 5.41) is 2.98. The lowest BCUT2D eigenvalue weighted by Gasteiger charge is -2.07. The number of hydrogen-bond donors (Lipinski definition) is 2. The Kier molecular flexibility index (Phi) is 5.65. The van der Waals surface area contributed by atoms with Crippen molar-refractivity contribution in [3.05, 3.63) is 36.2 Å². The van der Waals surface area contributed by atoms with Crippen LogP contribution in [-0.4, -0.2) is 27.5 Å². The maximum Gasteiger partial charge on any atom is 0.338 e. The van der Waals surface area contributed by atoms with Gasteiger partial charge in [-0.25, -0.2) is 14.8 Å². The van der Waals surface area contributed by atoms with E-state index in [1.807, 2.05) is 0 Å². The lowest BCUT2D eigenvalue weighted by atomic mass is 10.2. The average molecular weight is 301 g/mol. The molecule has 2 rings (SSSR count). The van der Waals surface area contributed by atoms with Crippen LogP contribution in [0.5, 0.6) is 0 Å². The molecule has 1 heterocycles. The molecule has 22 heavy (non-hydrogen) atoms. The van der Waals surface area contributed by atoms with Crippen LogP contribution in [0.2, 0.25) is 0 Å². The minimum atomic E-state index is -0.313. The Morgan fingerprint density at radius 2 is 2.00 bits per heavy atom. The zero-order valence-electron chi connectivity index (χ0n) is 12.5. The number of hydrogen-bond acceptors (Lipinski definition) is 7. The molecule has 0 aliphatic rings. The molecule has 0 unspecified atom stereocenters. The van der Waals surface area contributed by atoms with Crippen molar-refractivity contribution in [3.63, 3.8) is 0 Å². The van der Waals surface area contributed by atoms with E-state index >= 15 is 0 Å². The number of carbonyl (C=O) groups is 1. The van der Waals surface area contributed by atoms with Gasteiger partial charge in [-0.3, -0.25) is 0 Å². The molecule has 2 aromatic rings. The number of ether oxygens (including phenoxy) is 1. The van der Waals surface area contributed by atoms with Gasteiger partial charge in [0.15, 0.2) is 0 Å². The van der Waals surface area contributed by atoms with Gasteiger partial charge >= 0.3 is 5.97 Å². The molecule has 0 saturated heterocycles. The molecular formula is C15H19N5O2. The number of unbranched alkanes of at least 4 members (excludes halogenated alkanes) is 2. The Bertz CT molecular complexity index is 616. The van der Waals surface area contributed by atoms with Crippen molar-refractivity contribution in [1.82, 2.24) is 15.0 Å². The second-order valence-corrected chi connectivity index (χ2v) is 4.71. The van der Waals surface area contributed by atoms with Gasteiger partial charge < -0.3 is 15.8 Å². The number of anilines is 3. The average Bonchev–Trinajstić information content (AvgIpc) is 2.52.